The molecule has 8 heteroatoms. The maximum atomic E-state index is 12.9. The van der Waals surface area contributed by atoms with Gasteiger partial charge in [0.25, 0.3) is 5.56 Å². The van der Waals surface area contributed by atoms with Crippen LogP contribution in [-0.4, -0.2) is 33.3 Å². The van der Waals surface area contributed by atoms with Gasteiger partial charge in [0.15, 0.2) is 10.8 Å². The highest BCUT2D eigenvalue weighted by Gasteiger charge is 2.34. The van der Waals surface area contributed by atoms with Crippen molar-refractivity contribution in [2.24, 2.45) is 0 Å². The first kappa shape index (κ1) is 18.7. The summed E-state index contributed by atoms with van der Waals surface area (Å²) in [6.45, 7) is 0.816. The van der Waals surface area contributed by atoms with Crippen LogP contribution in [0.4, 0.5) is 0 Å². The molecule has 5 N–H and O–H groups in total. The Hall–Kier alpha value is -3.36. The number of ether oxygens (including phenoxy) is 1. The van der Waals surface area contributed by atoms with E-state index >= 15 is 0 Å². The van der Waals surface area contributed by atoms with Crippen LogP contribution in [0.5, 0.6) is 11.6 Å². The van der Waals surface area contributed by atoms with Gasteiger partial charge in [-0.05, 0) is 48.1 Å². The monoisotopic (exact) mass is 421 g/mol. The highest BCUT2D eigenvalue weighted by molar-refractivity contribution is 7.71. The number of H-pyrrole nitrogens is 2. The van der Waals surface area contributed by atoms with E-state index in [1.54, 1.807) is 31.4 Å². The summed E-state index contributed by atoms with van der Waals surface area (Å²) in [5.41, 5.74) is 3.71. The van der Waals surface area contributed by atoms with Gasteiger partial charge >= 0.3 is 0 Å². The highest BCUT2D eigenvalue weighted by Crippen LogP contribution is 2.33. The van der Waals surface area contributed by atoms with E-state index in [0.717, 1.165) is 29.6 Å². The zero-order valence-corrected chi connectivity index (χ0v) is 17.1. The number of aromatic amines is 2. The van der Waals surface area contributed by atoms with Crippen molar-refractivity contribution < 1.29 is 15.2 Å². The van der Waals surface area contributed by atoms with Crippen LogP contribution in [0.3, 0.4) is 0 Å². The summed E-state index contributed by atoms with van der Waals surface area (Å²) < 4.78 is 6.83. The molecule has 0 fully saturated rings. The van der Waals surface area contributed by atoms with Gasteiger partial charge in [0, 0.05) is 17.3 Å². The normalized spacial score (nSPS) is 15.8. The average Bonchev–Trinajstić information content (AvgIpc) is 3.13. The number of para-hydroxylation sites is 1. The van der Waals surface area contributed by atoms with Crippen molar-refractivity contribution in [2.75, 3.05) is 13.7 Å². The lowest BCUT2D eigenvalue weighted by Crippen LogP contribution is -2.87. The number of aromatic nitrogens is 3. The van der Waals surface area contributed by atoms with Crippen LogP contribution >= 0.6 is 12.2 Å². The van der Waals surface area contributed by atoms with Crippen molar-refractivity contribution in [2.45, 2.75) is 12.5 Å². The van der Waals surface area contributed by atoms with Gasteiger partial charge in [0.05, 0.1) is 25.0 Å². The number of nitrogens with two attached hydrogens (primary N) is 1. The molecule has 0 unspecified atom stereocenters. The number of rotatable bonds is 3. The summed E-state index contributed by atoms with van der Waals surface area (Å²) in [6, 6.07) is 14.9. The lowest BCUT2D eigenvalue weighted by molar-refractivity contribution is -0.690. The molecule has 0 saturated heterocycles. The number of aromatic hydroxyl groups is 1. The number of fused-ring (bicyclic) bond motifs is 3. The van der Waals surface area contributed by atoms with Crippen LogP contribution in [-0.2, 0) is 6.42 Å². The largest absolute Gasteiger partial charge is 0.497 e. The number of benzene rings is 2. The molecular formula is C22H21N4O3S+. The van der Waals surface area contributed by atoms with Gasteiger partial charge in [-0.2, -0.15) is 0 Å². The van der Waals surface area contributed by atoms with Gasteiger partial charge in [-0.1, -0.05) is 18.2 Å². The van der Waals surface area contributed by atoms with E-state index in [-0.39, 0.29) is 27.8 Å². The second-order valence-electron chi connectivity index (χ2n) is 7.34. The van der Waals surface area contributed by atoms with Gasteiger partial charge < -0.3 is 20.1 Å². The predicted octanol–water partition coefficient (Wildman–Crippen LogP) is 2.30. The van der Waals surface area contributed by atoms with Crippen LogP contribution in [0.25, 0.3) is 16.6 Å². The standard InChI is InChI=1S/C22H20N4O3S/c1-29-13-8-6-12(7-9-13)26-21(28)17(20(27)25-22(26)30)19-18-15(10-11-23-19)14-4-2-3-5-16(14)24-18/h2-9,19,23-24,28H,10-11H2,1H3,(H,25,27,30)/p+1/t19-/m0/s1. The van der Waals surface area contributed by atoms with Gasteiger partial charge in [-0.3, -0.25) is 14.3 Å². The Morgan fingerprint density at radius 2 is 1.93 bits per heavy atom. The van der Waals surface area contributed by atoms with Crippen molar-refractivity contribution in [3.63, 3.8) is 0 Å². The summed E-state index contributed by atoms with van der Waals surface area (Å²) in [6.07, 6.45) is 0.895. The van der Waals surface area contributed by atoms with Crippen molar-refractivity contribution in [3.05, 3.63) is 80.5 Å². The molecule has 0 spiro atoms. The van der Waals surface area contributed by atoms with Crippen LogP contribution in [0.15, 0.2) is 53.3 Å². The molecule has 1 aliphatic heterocycles. The van der Waals surface area contributed by atoms with E-state index in [1.807, 2.05) is 18.2 Å². The molecule has 0 saturated carbocycles. The minimum absolute atomic E-state index is 0.138. The second kappa shape index (κ2) is 7.16. The van der Waals surface area contributed by atoms with E-state index in [2.05, 4.69) is 21.4 Å². The van der Waals surface area contributed by atoms with Crippen LogP contribution in [0, 0.1) is 4.77 Å². The number of nitrogens with one attached hydrogen (secondary N) is 2. The zero-order chi connectivity index (χ0) is 20.8. The number of methoxy groups -OCH3 is 1. The summed E-state index contributed by atoms with van der Waals surface area (Å²) >= 11 is 5.36. The van der Waals surface area contributed by atoms with Gasteiger partial charge in [-0.25, -0.2) is 0 Å². The van der Waals surface area contributed by atoms with Gasteiger partial charge in [-0.15, -0.1) is 0 Å². The second-order valence-corrected chi connectivity index (χ2v) is 7.73. The molecule has 3 heterocycles. The SMILES string of the molecule is COc1ccc(-n2c(O)c([C@@H]3[NH2+]CCc4c3[nH]c3ccccc43)c(=O)[nH]c2=S)cc1. The smallest absolute Gasteiger partial charge is 0.265 e. The predicted molar refractivity (Wildman–Crippen MR) is 116 cm³/mol. The molecule has 5 rings (SSSR count). The third kappa shape index (κ3) is 2.84. The van der Waals surface area contributed by atoms with E-state index in [9.17, 15) is 9.90 Å². The summed E-state index contributed by atoms with van der Waals surface area (Å²) in [5, 5.41) is 14.4. The third-order valence-electron chi connectivity index (χ3n) is 5.72. The average molecular weight is 422 g/mol. The Bertz CT molecular complexity index is 1370. The molecule has 1 atom stereocenters. The Morgan fingerprint density at radius 1 is 1.17 bits per heavy atom. The Kier molecular flexibility index (Phi) is 4.45. The first-order valence-electron chi connectivity index (χ1n) is 9.74. The summed E-state index contributed by atoms with van der Waals surface area (Å²) in [7, 11) is 1.59. The summed E-state index contributed by atoms with van der Waals surface area (Å²) in [4.78, 5) is 19.1. The van der Waals surface area contributed by atoms with Crippen molar-refractivity contribution in [3.8, 4) is 17.3 Å². The molecular weight excluding hydrogens is 400 g/mol. The van der Waals surface area contributed by atoms with Crippen molar-refractivity contribution >= 4 is 23.1 Å². The lowest BCUT2D eigenvalue weighted by Gasteiger charge is -2.22. The van der Waals surface area contributed by atoms with Crippen LogP contribution in [0.2, 0.25) is 0 Å². The maximum Gasteiger partial charge on any atom is 0.265 e. The van der Waals surface area contributed by atoms with Gasteiger partial charge in [0.1, 0.15) is 11.3 Å². The number of hydrogen-bond acceptors (Lipinski definition) is 4. The fraction of sp³-hybridized carbons (Fsp3) is 0.182. The number of hydrogen-bond donors (Lipinski definition) is 4. The highest BCUT2D eigenvalue weighted by atomic mass is 32.1. The van der Waals surface area contributed by atoms with E-state index in [1.165, 1.54) is 10.1 Å². The van der Waals surface area contributed by atoms with E-state index in [0.29, 0.717) is 11.4 Å². The molecule has 2 aromatic heterocycles. The first-order chi connectivity index (χ1) is 14.6. The molecule has 2 aromatic carbocycles. The summed E-state index contributed by atoms with van der Waals surface area (Å²) in [5.74, 6) is 0.541. The fourth-order valence-electron chi connectivity index (χ4n) is 4.32. The lowest BCUT2D eigenvalue weighted by atomic mass is 9.95. The maximum absolute atomic E-state index is 12.9. The Morgan fingerprint density at radius 3 is 2.70 bits per heavy atom. The number of nitrogens with zero attached hydrogens (tertiary/aromatic N) is 1. The molecule has 4 aromatic rings. The first-order valence-corrected chi connectivity index (χ1v) is 10.1. The van der Waals surface area contributed by atoms with Crippen molar-refractivity contribution in [1.29, 1.82) is 0 Å². The molecule has 7 nitrogen and oxygen atoms in total. The topological polar surface area (TPSA) is 99.6 Å². The van der Waals surface area contributed by atoms with Crippen LogP contribution in [0.1, 0.15) is 22.9 Å². The zero-order valence-electron chi connectivity index (χ0n) is 16.3. The van der Waals surface area contributed by atoms with Gasteiger partial charge in [0.2, 0.25) is 5.88 Å². The molecule has 152 valence electrons. The Balaban J connectivity index is 1.71. The molecule has 0 bridgehead atoms. The molecule has 0 aliphatic carbocycles. The van der Waals surface area contributed by atoms with E-state index in [4.69, 9.17) is 17.0 Å². The molecule has 0 amide bonds. The number of quaternary nitrogens is 1. The molecule has 1 aliphatic rings. The Labute approximate surface area is 177 Å². The molecule has 30 heavy (non-hydrogen) atoms. The van der Waals surface area contributed by atoms with Crippen LogP contribution < -0.4 is 15.6 Å². The molecule has 0 radical (unpaired) electrons. The minimum atomic E-state index is -0.380. The fourth-order valence-corrected chi connectivity index (χ4v) is 4.60. The van der Waals surface area contributed by atoms with Crippen molar-refractivity contribution in [1.82, 2.24) is 14.5 Å². The minimum Gasteiger partial charge on any atom is -0.497 e. The third-order valence-corrected chi connectivity index (χ3v) is 6.00. The quantitative estimate of drug-likeness (QED) is 0.382. The van der Waals surface area contributed by atoms with E-state index < -0.39 is 0 Å².